The van der Waals surface area contributed by atoms with Gasteiger partial charge in [-0.15, -0.1) is 0 Å². The van der Waals surface area contributed by atoms with Crippen LogP contribution in [-0.4, -0.2) is 10.9 Å². The first kappa shape index (κ1) is 13.5. The molecule has 1 nitrogen and oxygen atoms in total. The summed E-state index contributed by atoms with van der Waals surface area (Å²) in [4.78, 5) is 10.7. The van der Waals surface area contributed by atoms with Gasteiger partial charge < -0.3 is 0 Å². The van der Waals surface area contributed by atoms with Crippen LogP contribution in [0, 0.1) is 0 Å². The number of rotatable bonds is 5. The number of hydrogen-bond donors (Lipinski definition) is 0. The van der Waals surface area contributed by atoms with Crippen LogP contribution in [-0.2, 0) is 10.1 Å². The van der Waals surface area contributed by atoms with Crippen LogP contribution >= 0.6 is 27.7 Å². The van der Waals surface area contributed by atoms with Crippen LogP contribution in [0.2, 0.25) is 0 Å². The molecular weight excluding hydrogens is 284 g/mol. The summed E-state index contributed by atoms with van der Waals surface area (Å²) < 4.78 is 0. The van der Waals surface area contributed by atoms with Gasteiger partial charge in [0, 0.05) is 18.0 Å². The molecule has 0 N–H and O–H groups in total. The van der Waals surface area contributed by atoms with Gasteiger partial charge in [-0.2, -0.15) is 0 Å². The van der Waals surface area contributed by atoms with E-state index in [4.69, 9.17) is 0 Å². The Kier molecular flexibility index (Phi) is 6.50. The molecule has 1 aromatic rings. The number of halogens is 1. The summed E-state index contributed by atoms with van der Waals surface area (Å²) in [5, 5.41) is 1.07. The van der Waals surface area contributed by atoms with Crippen molar-refractivity contribution in [1.29, 1.82) is 0 Å². The van der Waals surface area contributed by atoms with Crippen LogP contribution in [0.25, 0.3) is 6.08 Å². The molecule has 0 heterocycles. The SMILES string of the molecule is CC(=O)SCCC=Cc1cccc(CBr)c1. The van der Waals surface area contributed by atoms with Crippen molar-refractivity contribution < 1.29 is 4.79 Å². The van der Waals surface area contributed by atoms with E-state index in [0.717, 1.165) is 17.5 Å². The largest absolute Gasteiger partial charge is 0.288 e. The highest BCUT2D eigenvalue weighted by atomic mass is 79.9. The average molecular weight is 299 g/mol. The van der Waals surface area contributed by atoms with Crippen LogP contribution in [0.4, 0.5) is 0 Å². The Labute approximate surface area is 109 Å². The number of benzene rings is 1. The zero-order chi connectivity index (χ0) is 11.8. The number of hydrogen-bond acceptors (Lipinski definition) is 2. The van der Waals surface area contributed by atoms with Gasteiger partial charge in [0.1, 0.15) is 0 Å². The van der Waals surface area contributed by atoms with Crippen molar-refractivity contribution in [1.82, 2.24) is 0 Å². The Morgan fingerprint density at radius 2 is 2.31 bits per heavy atom. The lowest BCUT2D eigenvalue weighted by molar-refractivity contribution is -0.109. The molecular formula is C13H15BrOS. The smallest absolute Gasteiger partial charge is 0.185 e. The van der Waals surface area contributed by atoms with E-state index in [9.17, 15) is 4.79 Å². The molecule has 86 valence electrons. The molecule has 0 bridgehead atoms. The van der Waals surface area contributed by atoms with Crippen LogP contribution in [0.5, 0.6) is 0 Å². The van der Waals surface area contributed by atoms with Crippen molar-refractivity contribution in [2.24, 2.45) is 0 Å². The first-order chi connectivity index (χ1) is 7.72. The van der Waals surface area contributed by atoms with E-state index in [-0.39, 0.29) is 5.12 Å². The molecule has 0 aromatic heterocycles. The van der Waals surface area contributed by atoms with Gasteiger partial charge in [0.25, 0.3) is 0 Å². The Hall–Kier alpha value is -0.540. The molecule has 0 amide bonds. The summed E-state index contributed by atoms with van der Waals surface area (Å²) in [6.07, 6.45) is 5.15. The predicted octanol–water partition coefficient (Wildman–Crippen LogP) is 4.26. The Morgan fingerprint density at radius 1 is 1.50 bits per heavy atom. The summed E-state index contributed by atoms with van der Waals surface area (Å²) in [6.45, 7) is 1.61. The molecule has 3 heteroatoms. The van der Waals surface area contributed by atoms with Crippen molar-refractivity contribution in [3.63, 3.8) is 0 Å². The highest BCUT2D eigenvalue weighted by molar-refractivity contribution is 9.08. The molecule has 0 aliphatic rings. The Balaban J connectivity index is 2.40. The van der Waals surface area contributed by atoms with Crippen molar-refractivity contribution in [3.8, 4) is 0 Å². The monoisotopic (exact) mass is 298 g/mol. The number of allylic oxidation sites excluding steroid dienone is 1. The number of thioether (sulfide) groups is 1. The summed E-state index contributed by atoms with van der Waals surface area (Å²) in [5.74, 6) is 0.865. The molecule has 0 aliphatic carbocycles. The van der Waals surface area contributed by atoms with Crippen molar-refractivity contribution >= 4 is 38.9 Å². The fourth-order valence-corrected chi connectivity index (χ4v) is 2.16. The maximum Gasteiger partial charge on any atom is 0.185 e. The van der Waals surface area contributed by atoms with Crippen LogP contribution in [0.1, 0.15) is 24.5 Å². The lowest BCUT2D eigenvalue weighted by Gasteiger charge is -1.97. The van der Waals surface area contributed by atoms with E-state index in [2.05, 4.69) is 52.3 Å². The van der Waals surface area contributed by atoms with Gasteiger partial charge in [-0.1, -0.05) is 64.1 Å². The highest BCUT2D eigenvalue weighted by Crippen LogP contribution is 2.11. The van der Waals surface area contributed by atoms with Crippen LogP contribution in [0.15, 0.2) is 30.3 Å². The molecule has 0 unspecified atom stereocenters. The average Bonchev–Trinajstić information content (AvgIpc) is 2.28. The third-order valence-corrected chi connectivity index (χ3v) is 3.50. The second kappa shape index (κ2) is 7.69. The molecule has 0 saturated carbocycles. The number of alkyl halides is 1. The zero-order valence-corrected chi connectivity index (χ0v) is 11.7. The lowest BCUT2D eigenvalue weighted by atomic mass is 10.1. The number of carbonyl (C=O) groups is 1. The molecule has 0 spiro atoms. The topological polar surface area (TPSA) is 17.1 Å². The van der Waals surface area contributed by atoms with Gasteiger partial charge >= 0.3 is 0 Å². The van der Waals surface area contributed by atoms with Crippen molar-refractivity contribution in [2.45, 2.75) is 18.7 Å². The van der Waals surface area contributed by atoms with E-state index in [1.165, 1.54) is 22.9 Å². The minimum absolute atomic E-state index is 0.190. The molecule has 0 fully saturated rings. The van der Waals surface area contributed by atoms with Gasteiger partial charge in [0.2, 0.25) is 0 Å². The third-order valence-electron chi connectivity index (χ3n) is 2.01. The Morgan fingerprint density at radius 3 is 3.00 bits per heavy atom. The molecule has 0 aliphatic heterocycles. The molecule has 0 radical (unpaired) electrons. The second-order valence-corrected chi connectivity index (χ2v) is 5.24. The molecule has 16 heavy (non-hydrogen) atoms. The first-order valence-corrected chi connectivity index (χ1v) is 7.28. The summed E-state index contributed by atoms with van der Waals surface area (Å²) in [6, 6.07) is 8.39. The minimum Gasteiger partial charge on any atom is -0.288 e. The maximum atomic E-state index is 10.7. The van der Waals surface area contributed by atoms with E-state index in [1.807, 2.05) is 0 Å². The second-order valence-electron chi connectivity index (χ2n) is 3.41. The fourth-order valence-electron chi connectivity index (χ4n) is 1.27. The standard InChI is InChI=1S/C13H15BrOS/c1-11(15)16-8-3-2-5-12-6-4-7-13(9-12)10-14/h2,4-7,9H,3,8,10H2,1H3. The first-order valence-electron chi connectivity index (χ1n) is 5.17. The van der Waals surface area contributed by atoms with Gasteiger partial charge in [-0.25, -0.2) is 0 Å². The minimum atomic E-state index is 0.190. The van der Waals surface area contributed by atoms with Crippen molar-refractivity contribution in [3.05, 3.63) is 41.5 Å². The zero-order valence-electron chi connectivity index (χ0n) is 9.28. The summed E-state index contributed by atoms with van der Waals surface area (Å²) >= 11 is 4.81. The van der Waals surface area contributed by atoms with Crippen LogP contribution in [0.3, 0.4) is 0 Å². The van der Waals surface area contributed by atoms with E-state index >= 15 is 0 Å². The maximum absolute atomic E-state index is 10.7. The fraction of sp³-hybridized carbons (Fsp3) is 0.308. The van der Waals surface area contributed by atoms with E-state index in [1.54, 1.807) is 6.92 Å². The predicted molar refractivity (Wildman–Crippen MR) is 75.9 cm³/mol. The summed E-state index contributed by atoms with van der Waals surface area (Å²) in [5.41, 5.74) is 2.49. The van der Waals surface area contributed by atoms with Crippen LogP contribution < -0.4 is 0 Å². The van der Waals surface area contributed by atoms with Gasteiger partial charge in [-0.3, -0.25) is 4.79 Å². The quantitative estimate of drug-likeness (QED) is 0.597. The van der Waals surface area contributed by atoms with Gasteiger partial charge in [-0.05, 0) is 17.5 Å². The highest BCUT2D eigenvalue weighted by Gasteiger charge is 1.92. The molecule has 0 saturated heterocycles. The lowest BCUT2D eigenvalue weighted by Crippen LogP contribution is -1.83. The van der Waals surface area contributed by atoms with E-state index < -0.39 is 0 Å². The van der Waals surface area contributed by atoms with Gasteiger partial charge in [0.05, 0.1) is 0 Å². The van der Waals surface area contributed by atoms with Gasteiger partial charge in [0.15, 0.2) is 5.12 Å². The Bertz CT molecular complexity index is 374. The number of carbonyl (C=O) groups excluding carboxylic acids is 1. The van der Waals surface area contributed by atoms with E-state index in [0.29, 0.717) is 0 Å². The summed E-state index contributed by atoms with van der Waals surface area (Å²) in [7, 11) is 0. The molecule has 0 atom stereocenters. The molecule has 1 rings (SSSR count). The molecule has 1 aromatic carbocycles. The third kappa shape index (κ3) is 5.52. The normalized spacial score (nSPS) is 10.9. The van der Waals surface area contributed by atoms with Crippen molar-refractivity contribution in [2.75, 3.05) is 5.75 Å².